The van der Waals surface area contributed by atoms with Gasteiger partial charge in [-0.05, 0) is 62.7 Å². The maximum absolute atomic E-state index is 13.2. The molecule has 234 valence electrons. The summed E-state index contributed by atoms with van der Waals surface area (Å²) >= 11 is 7.80. The molecular weight excluding hydrogens is 626 g/mol. The van der Waals surface area contributed by atoms with Gasteiger partial charge >= 0.3 is 0 Å². The average molecular weight is 656 g/mol. The average Bonchev–Trinajstić information content (AvgIpc) is 3.53. The number of rotatable bonds is 10. The summed E-state index contributed by atoms with van der Waals surface area (Å²) in [6.45, 7) is 6.11. The largest absolute Gasteiger partial charge is 0.497 e. The van der Waals surface area contributed by atoms with Crippen LogP contribution in [0.25, 0.3) is 5.00 Å². The molecule has 0 unspecified atom stereocenters. The van der Waals surface area contributed by atoms with Crippen molar-refractivity contribution >= 4 is 46.2 Å². The minimum absolute atomic E-state index is 0.0180. The van der Waals surface area contributed by atoms with Crippen LogP contribution in [-0.4, -0.2) is 58.3 Å². The molecule has 0 spiro atoms. The SMILES string of the molecule is COc1ccc(C(=O)/C=C(\C#N)C(=O)NCCNC(=O)C[C@@H]2N=C(c3ccc(Cl)cc3)c3c(sc(C)c3C)-n3c(C)nnc32)cc1. The topological polar surface area (TPSA) is 151 Å². The lowest BCUT2D eigenvalue weighted by Gasteiger charge is -2.13. The number of hydrogen-bond donors (Lipinski definition) is 2. The lowest BCUT2D eigenvalue weighted by atomic mass is 9.99. The van der Waals surface area contributed by atoms with Gasteiger partial charge in [0.05, 0.1) is 19.2 Å². The van der Waals surface area contributed by atoms with Crippen LogP contribution < -0.4 is 15.4 Å². The van der Waals surface area contributed by atoms with Gasteiger partial charge in [-0.3, -0.25) is 23.9 Å². The molecule has 4 aromatic rings. The van der Waals surface area contributed by atoms with Crippen molar-refractivity contribution in [2.45, 2.75) is 33.2 Å². The van der Waals surface area contributed by atoms with E-state index >= 15 is 0 Å². The van der Waals surface area contributed by atoms with E-state index in [1.54, 1.807) is 41.7 Å². The van der Waals surface area contributed by atoms with Crippen molar-refractivity contribution in [1.82, 2.24) is 25.4 Å². The second-order valence-corrected chi connectivity index (χ2v) is 12.1. The van der Waals surface area contributed by atoms with E-state index in [-0.39, 0.29) is 31.0 Å². The minimum Gasteiger partial charge on any atom is -0.497 e. The maximum Gasteiger partial charge on any atom is 0.262 e. The van der Waals surface area contributed by atoms with E-state index in [0.717, 1.165) is 38.4 Å². The number of ether oxygens (including phenoxy) is 1. The molecule has 1 aliphatic rings. The van der Waals surface area contributed by atoms with Crippen LogP contribution in [0.3, 0.4) is 0 Å². The summed E-state index contributed by atoms with van der Waals surface area (Å²) in [5.41, 5.74) is 3.62. The molecule has 0 saturated heterocycles. The number of methoxy groups -OCH3 is 1. The Labute approximate surface area is 274 Å². The highest BCUT2D eigenvalue weighted by Gasteiger charge is 2.32. The molecule has 11 nitrogen and oxygen atoms in total. The third kappa shape index (κ3) is 6.75. The minimum atomic E-state index is -0.722. The van der Waals surface area contributed by atoms with Gasteiger partial charge in [0.2, 0.25) is 5.91 Å². The number of aliphatic imine (C=N–C) groups is 1. The number of nitrogens with one attached hydrogen (secondary N) is 2. The number of amides is 2. The normalized spacial score (nSPS) is 13.9. The Morgan fingerprint density at radius 3 is 2.41 bits per heavy atom. The van der Waals surface area contributed by atoms with Gasteiger partial charge in [0.15, 0.2) is 11.6 Å². The molecule has 2 aromatic carbocycles. The number of allylic oxidation sites excluding steroid dienone is 1. The van der Waals surface area contributed by atoms with Gasteiger partial charge in [-0.15, -0.1) is 21.5 Å². The summed E-state index contributed by atoms with van der Waals surface area (Å²) in [7, 11) is 1.51. The highest BCUT2D eigenvalue weighted by Crippen LogP contribution is 2.39. The van der Waals surface area contributed by atoms with Crippen LogP contribution in [0.15, 0.2) is 65.2 Å². The molecule has 2 aromatic heterocycles. The Bertz CT molecular complexity index is 1920. The first kappa shape index (κ1) is 32.3. The van der Waals surface area contributed by atoms with Crippen molar-refractivity contribution in [1.29, 1.82) is 5.26 Å². The van der Waals surface area contributed by atoms with Crippen LogP contribution in [0, 0.1) is 32.1 Å². The number of halogens is 1. The van der Waals surface area contributed by atoms with Crippen LogP contribution >= 0.6 is 22.9 Å². The van der Waals surface area contributed by atoms with Crippen molar-refractivity contribution in [2.24, 2.45) is 4.99 Å². The van der Waals surface area contributed by atoms with E-state index in [1.165, 1.54) is 7.11 Å². The van der Waals surface area contributed by atoms with Crippen LogP contribution in [0.4, 0.5) is 0 Å². The fraction of sp³-hybridized carbons (Fsp3) is 0.242. The molecule has 0 aliphatic carbocycles. The number of carbonyl (C=O) groups excluding carboxylic acids is 3. The van der Waals surface area contributed by atoms with Gasteiger partial charge in [-0.1, -0.05) is 23.7 Å². The number of hydrogen-bond acceptors (Lipinski definition) is 9. The van der Waals surface area contributed by atoms with Crippen LogP contribution in [-0.2, 0) is 9.59 Å². The lowest BCUT2D eigenvalue weighted by Crippen LogP contribution is -2.35. The van der Waals surface area contributed by atoms with Crippen LogP contribution in [0.2, 0.25) is 5.02 Å². The first-order chi connectivity index (χ1) is 22.1. The van der Waals surface area contributed by atoms with Gasteiger partial charge in [-0.25, -0.2) is 0 Å². The van der Waals surface area contributed by atoms with Gasteiger partial charge in [0.25, 0.3) is 5.91 Å². The summed E-state index contributed by atoms with van der Waals surface area (Å²) < 4.78 is 7.05. The zero-order chi connectivity index (χ0) is 33.0. The number of ketones is 1. The van der Waals surface area contributed by atoms with Gasteiger partial charge < -0.3 is 15.4 Å². The number of nitriles is 1. The summed E-state index contributed by atoms with van der Waals surface area (Å²) in [5.74, 6) is 0.289. The van der Waals surface area contributed by atoms with Gasteiger partial charge in [-0.2, -0.15) is 5.26 Å². The van der Waals surface area contributed by atoms with Crippen LogP contribution in [0.5, 0.6) is 5.75 Å². The van der Waals surface area contributed by atoms with Crippen molar-refractivity contribution in [3.05, 3.63) is 104 Å². The van der Waals surface area contributed by atoms with Gasteiger partial charge in [0.1, 0.15) is 34.3 Å². The first-order valence-electron chi connectivity index (χ1n) is 14.3. The van der Waals surface area contributed by atoms with Crippen molar-refractivity contribution < 1.29 is 19.1 Å². The van der Waals surface area contributed by atoms with E-state index in [1.807, 2.05) is 35.8 Å². The highest BCUT2D eigenvalue weighted by atomic mass is 35.5. The summed E-state index contributed by atoms with van der Waals surface area (Å²) in [4.78, 5) is 44.5. The van der Waals surface area contributed by atoms with E-state index in [4.69, 9.17) is 21.3 Å². The highest BCUT2D eigenvalue weighted by molar-refractivity contribution is 7.15. The summed E-state index contributed by atoms with van der Waals surface area (Å²) in [5, 5.41) is 25.1. The Morgan fingerprint density at radius 2 is 1.74 bits per heavy atom. The Hall–Kier alpha value is -5.12. The summed E-state index contributed by atoms with van der Waals surface area (Å²) in [6.07, 6.45) is 0.966. The van der Waals surface area contributed by atoms with E-state index in [9.17, 15) is 19.6 Å². The number of nitrogens with zero attached hydrogens (tertiary/aromatic N) is 5. The molecule has 0 fully saturated rings. The third-order valence-corrected chi connectivity index (χ3v) is 8.93. The molecule has 0 radical (unpaired) electrons. The van der Waals surface area contributed by atoms with Crippen molar-refractivity contribution in [2.75, 3.05) is 20.2 Å². The molecule has 0 saturated carbocycles. The molecule has 3 heterocycles. The van der Waals surface area contributed by atoms with Crippen molar-refractivity contribution in [3.63, 3.8) is 0 Å². The standard InChI is InChI=1S/C33H30ClN7O4S/c1-18-19(2)46-33-29(18)30(22-5-9-24(34)10-6-22)38-26(31-40-39-20(3)41(31)33)16-28(43)36-13-14-37-32(44)23(17-35)15-27(42)21-7-11-25(45-4)12-8-21/h5-12,15,26H,13-14,16H2,1-4H3,(H,36,43)(H,37,44)/b23-15+/t26-/m0/s1. The zero-order valence-electron chi connectivity index (χ0n) is 25.6. The zero-order valence-corrected chi connectivity index (χ0v) is 27.1. The Kier molecular flexibility index (Phi) is 9.75. The Balaban J connectivity index is 1.27. The third-order valence-electron chi connectivity index (χ3n) is 7.48. The number of thiophene rings is 1. The fourth-order valence-corrected chi connectivity index (χ4v) is 6.31. The molecular formula is C33H30ClN7O4S. The molecule has 2 amide bonds. The number of aryl methyl sites for hydroxylation is 2. The number of fused-ring (bicyclic) bond motifs is 3. The van der Waals surface area contributed by atoms with E-state index in [0.29, 0.717) is 28.0 Å². The number of benzene rings is 2. The predicted molar refractivity (Wildman–Crippen MR) is 175 cm³/mol. The fourth-order valence-electron chi connectivity index (χ4n) is 4.97. The molecule has 5 rings (SSSR count). The monoisotopic (exact) mass is 655 g/mol. The van der Waals surface area contributed by atoms with Crippen LogP contribution in [0.1, 0.15) is 56.0 Å². The molecule has 0 bridgehead atoms. The van der Waals surface area contributed by atoms with E-state index < -0.39 is 17.7 Å². The Morgan fingerprint density at radius 1 is 1.04 bits per heavy atom. The van der Waals surface area contributed by atoms with Gasteiger partial charge in [0, 0.05) is 45.8 Å². The number of aromatic nitrogens is 3. The number of carbonyl (C=O) groups is 3. The maximum atomic E-state index is 13.2. The van der Waals surface area contributed by atoms with E-state index in [2.05, 4.69) is 34.7 Å². The molecule has 2 N–H and O–H groups in total. The first-order valence-corrected chi connectivity index (χ1v) is 15.5. The smallest absolute Gasteiger partial charge is 0.262 e. The lowest BCUT2D eigenvalue weighted by molar-refractivity contribution is -0.122. The molecule has 1 aliphatic heterocycles. The molecule has 46 heavy (non-hydrogen) atoms. The molecule has 13 heteroatoms. The summed E-state index contributed by atoms with van der Waals surface area (Å²) in [6, 6.07) is 14.9. The van der Waals surface area contributed by atoms with Crippen molar-refractivity contribution in [3.8, 4) is 16.8 Å². The quantitative estimate of drug-likeness (QED) is 0.108. The predicted octanol–water partition coefficient (Wildman–Crippen LogP) is 4.76. The second-order valence-electron chi connectivity index (χ2n) is 10.5. The second kappa shape index (κ2) is 13.9. The molecule has 1 atom stereocenters.